The fourth-order valence-corrected chi connectivity index (χ4v) is 4.11. The summed E-state index contributed by atoms with van der Waals surface area (Å²) in [6, 6.07) is 2.63. The molecule has 3 rings (SSSR count). The van der Waals surface area contributed by atoms with E-state index in [1.807, 2.05) is 0 Å². The van der Waals surface area contributed by atoms with Gasteiger partial charge in [-0.25, -0.2) is 13.8 Å². The lowest BCUT2D eigenvalue weighted by Gasteiger charge is -2.24. The van der Waals surface area contributed by atoms with Crippen LogP contribution in [0.4, 0.5) is 13.8 Å². The van der Waals surface area contributed by atoms with Gasteiger partial charge in [-0.1, -0.05) is 17.4 Å². The van der Waals surface area contributed by atoms with Crippen LogP contribution in [0.2, 0.25) is 0 Å². The highest BCUT2D eigenvalue weighted by Crippen LogP contribution is 2.33. The molecule has 2 aromatic rings. The van der Waals surface area contributed by atoms with Crippen LogP contribution in [0.3, 0.4) is 0 Å². The van der Waals surface area contributed by atoms with Crippen LogP contribution in [-0.4, -0.2) is 55.8 Å². The predicted molar refractivity (Wildman–Crippen MR) is 117 cm³/mol. The molecule has 0 bridgehead atoms. The van der Waals surface area contributed by atoms with Crippen LogP contribution in [0, 0.1) is 23.0 Å². The normalized spacial score (nSPS) is 16.0. The minimum atomic E-state index is -0.827. The van der Waals surface area contributed by atoms with E-state index >= 15 is 0 Å². The van der Waals surface area contributed by atoms with Crippen molar-refractivity contribution in [3.63, 3.8) is 0 Å². The van der Waals surface area contributed by atoms with Crippen LogP contribution < -0.4 is 16.4 Å². The number of hydrogen-bond donors (Lipinski definition) is 4. The number of amidine groups is 1. The quantitative estimate of drug-likeness (QED) is 0.381. The van der Waals surface area contributed by atoms with E-state index in [9.17, 15) is 13.6 Å². The third kappa shape index (κ3) is 5.42. The van der Waals surface area contributed by atoms with Gasteiger partial charge in [0.2, 0.25) is 0 Å². The molecule has 1 fully saturated rings. The number of amides is 1. The zero-order valence-electron chi connectivity index (χ0n) is 17.0. The smallest absolute Gasteiger partial charge is 0.273 e. The number of hydrogen-bond acceptors (Lipinski definition) is 7. The van der Waals surface area contributed by atoms with E-state index in [0.717, 1.165) is 42.5 Å². The fraction of sp³-hybridized carbons (Fsp3) is 0.400. The summed E-state index contributed by atoms with van der Waals surface area (Å²) in [6.45, 7) is 2.07. The number of thiazole rings is 1. The predicted octanol–water partition coefficient (Wildman–Crippen LogP) is 2.46. The monoisotopic (exact) mass is 450 g/mol. The number of nitrogens with two attached hydrogens (primary N) is 1. The highest BCUT2D eigenvalue weighted by atomic mass is 32.1. The van der Waals surface area contributed by atoms with Crippen LogP contribution in [0.1, 0.15) is 23.3 Å². The van der Waals surface area contributed by atoms with Crippen molar-refractivity contribution >= 4 is 34.3 Å². The number of nitrogens with zero attached hydrogens (tertiary/aromatic N) is 2. The Morgan fingerprint density at radius 1 is 1.42 bits per heavy atom. The van der Waals surface area contributed by atoms with Gasteiger partial charge in [0.15, 0.2) is 5.69 Å². The number of halogens is 2. The summed E-state index contributed by atoms with van der Waals surface area (Å²) in [5, 5.41) is 13.5. The molecule has 0 saturated carbocycles. The number of carbonyl (C=O) groups excluding carboxylic acids is 1. The number of benzene rings is 1. The maximum Gasteiger partial charge on any atom is 0.273 e. The van der Waals surface area contributed by atoms with Crippen molar-refractivity contribution in [1.29, 1.82) is 5.41 Å². The molecule has 1 aliphatic rings. The number of carbonyl (C=O) groups is 1. The topological polar surface area (TPSA) is 125 Å². The van der Waals surface area contributed by atoms with Crippen molar-refractivity contribution in [2.45, 2.75) is 18.9 Å². The number of aliphatic imine (C=N–C) groups is 1. The van der Waals surface area contributed by atoms with Crippen LogP contribution in [0.15, 0.2) is 23.2 Å². The summed E-state index contributed by atoms with van der Waals surface area (Å²) >= 11 is 0.813. The molecule has 1 atom stereocenters. The number of nitrogens with one attached hydrogen (secondary N) is 3. The Balaban J connectivity index is 1.71. The zero-order valence-corrected chi connectivity index (χ0v) is 17.8. The van der Waals surface area contributed by atoms with Gasteiger partial charge in [0.25, 0.3) is 5.91 Å². The largest absolute Gasteiger partial charge is 0.389 e. The molecule has 1 aromatic carbocycles. The van der Waals surface area contributed by atoms with E-state index in [-0.39, 0.29) is 21.3 Å². The van der Waals surface area contributed by atoms with Gasteiger partial charge in [0.1, 0.15) is 33.5 Å². The van der Waals surface area contributed by atoms with Gasteiger partial charge in [0, 0.05) is 33.0 Å². The van der Waals surface area contributed by atoms with Crippen molar-refractivity contribution < 1.29 is 18.3 Å². The summed E-state index contributed by atoms with van der Waals surface area (Å²) < 4.78 is 33.5. The SMILES string of the molecule is CN=C(NCC1CCOCC1)C(C=N)NC(=O)c1nc(-c2c(F)cccc2F)sc1N. The Kier molecular flexibility index (Phi) is 7.64. The third-order valence-electron chi connectivity index (χ3n) is 4.95. The molecule has 0 spiro atoms. The molecule has 11 heteroatoms. The first-order chi connectivity index (χ1) is 14.9. The van der Waals surface area contributed by atoms with E-state index < -0.39 is 23.6 Å². The molecule has 1 amide bonds. The molecule has 166 valence electrons. The van der Waals surface area contributed by atoms with Crippen molar-refractivity contribution in [2.75, 3.05) is 32.5 Å². The van der Waals surface area contributed by atoms with Gasteiger partial charge in [-0.2, -0.15) is 0 Å². The molecule has 0 radical (unpaired) electrons. The summed E-state index contributed by atoms with van der Waals surface area (Å²) in [5.41, 5.74) is 5.40. The Labute approximate surface area is 182 Å². The standard InChI is InChI=1S/C20H24F2N6O2S/c1-25-18(26-10-11-5-7-30-8-6-11)14(9-23)27-19(29)16-17(24)31-20(28-16)15-12(21)3-2-4-13(15)22/h2-4,9,11,14,23H,5-8,10,24H2,1H3,(H,25,26)(H,27,29). The Hall–Kier alpha value is -2.92. The maximum atomic E-state index is 14.1. The van der Waals surface area contributed by atoms with E-state index in [0.29, 0.717) is 31.5 Å². The second-order valence-electron chi connectivity index (χ2n) is 6.99. The first-order valence-electron chi connectivity index (χ1n) is 9.75. The molecule has 8 nitrogen and oxygen atoms in total. The van der Waals surface area contributed by atoms with Crippen LogP contribution >= 0.6 is 11.3 Å². The molecular weight excluding hydrogens is 426 g/mol. The first kappa shape index (κ1) is 22.8. The van der Waals surface area contributed by atoms with Crippen LogP contribution in [0.5, 0.6) is 0 Å². The molecule has 5 N–H and O–H groups in total. The Bertz CT molecular complexity index is 954. The highest BCUT2D eigenvalue weighted by molar-refractivity contribution is 7.19. The van der Waals surface area contributed by atoms with Crippen molar-refractivity contribution in [3.8, 4) is 10.6 Å². The van der Waals surface area contributed by atoms with E-state index in [1.54, 1.807) is 7.05 Å². The molecule has 1 aliphatic heterocycles. The number of aromatic nitrogens is 1. The average molecular weight is 451 g/mol. The minimum Gasteiger partial charge on any atom is -0.389 e. The first-order valence-corrected chi connectivity index (χ1v) is 10.6. The highest BCUT2D eigenvalue weighted by Gasteiger charge is 2.24. The number of rotatable bonds is 7. The van der Waals surface area contributed by atoms with Gasteiger partial charge in [-0.3, -0.25) is 9.79 Å². The van der Waals surface area contributed by atoms with E-state index in [4.69, 9.17) is 15.9 Å². The van der Waals surface area contributed by atoms with Gasteiger partial charge in [0.05, 0.1) is 5.56 Å². The number of nitrogen functional groups attached to an aromatic ring is 1. The maximum absolute atomic E-state index is 14.1. The van der Waals surface area contributed by atoms with E-state index in [1.165, 1.54) is 6.07 Å². The second-order valence-corrected chi connectivity index (χ2v) is 8.02. The summed E-state index contributed by atoms with van der Waals surface area (Å²) in [4.78, 5) is 20.9. The molecule has 1 saturated heterocycles. The fourth-order valence-electron chi connectivity index (χ4n) is 3.23. The second kappa shape index (κ2) is 10.4. The van der Waals surface area contributed by atoms with Gasteiger partial charge in [-0.05, 0) is 30.9 Å². The van der Waals surface area contributed by atoms with Crippen molar-refractivity contribution in [1.82, 2.24) is 15.6 Å². The lowest BCUT2D eigenvalue weighted by Crippen LogP contribution is -2.49. The Morgan fingerprint density at radius 3 is 2.71 bits per heavy atom. The van der Waals surface area contributed by atoms with Crippen LogP contribution in [0.25, 0.3) is 10.6 Å². The van der Waals surface area contributed by atoms with E-state index in [2.05, 4.69) is 20.6 Å². The van der Waals surface area contributed by atoms with Gasteiger partial charge in [-0.15, -0.1) is 0 Å². The molecule has 2 heterocycles. The van der Waals surface area contributed by atoms with Crippen LogP contribution in [-0.2, 0) is 4.74 Å². The number of ether oxygens (including phenoxy) is 1. The number of anilines is 1. The minimum absolute atomic E-state index is 0.0176. The molecule has 1 unspecified atom stereocenters. The molecule has 1 aromatic heterocycles. The lowest BCUT2D eigenvalue weighted by atomic mass is 10.0. The van der Waals surface area contributed by atoms with Crippen molar-refractivity contribution in [3.05, 3.63) is 35.5 Å². The van der Waals surface area contributed by atoms with Crippen molar-refractivity contribution in [2.24, 2.45) is 10.9 Å². The summed E-state index contributed by atoms with van der Waals surface area (Å²) in [7, 11) is 1.56. The third-order valence-corrected chi connectivity index (χ3v) is 5.85. The molecule has 0 aliphatic carbocycles. The summed E-state index contributed by atoms with van der Waals surface area (Å²) in [5.74, 6) is -1.42. The molecular formula is C20H24F2N6O2S. The summed E-state index contributed by atoms with van der Waals surface area (Å²) in [6.07, 6.45) is 2.89. The average Bonchev–Trinajstić information content (AvgIpc) is 3.15. The van der Waals surface area contributed by atoms with Gasteiger partial charge >= 0.3 is 0 Å². The molecule has 31 heavy (non-hydrogen) atoms. The Morgan fingerprint density at radius 2 is 2.10 bits per heavy atom. The van der Waals surface area contributed by atoms with Gasteiger partial charge < -0.3 is 26.5 Å². The lowest BCUT2D eigenvalue weighted by molar-refractivity contribution is 0.0675. The zero-order chi connectivity index (χ0) is 22.4.